The molecule has 9 nitrogen and oxygen atoms in total. The first-order chi connectivity index (χ1) is 18.1. The zero-order valence-corrected chi connectivity index (χ0v) is 23.2. The second-order valence-corrected chi connectivity index (χ2v) is 14.1. The number of aromatic nitrogens is 3. The molecule has 1 amide bonds. The van der Waals surface area contributed by atoms with Gasteiger partial charge in [0, 0.05) is 42.5 Å². The first-order valence-electron chi connectivity index (χ1n) is 12.4. The van der Waals surface area contributed by atoms with Crippen molar-refractivity contribution in [3.8, 4) is 17.3 Å². The lowest BCUT2D eigenvalue weighted by atomic mass is 10.0. The van der Waals surface area contributed by atoms with E-state index in [1.807, 2.05) is 6.07 Å². The number of rotatable bonds is 4. The zero-order valence-electron chi connectivity index (χ0n) is 22.3. The van der Waals surface area contributed by atoms with Crippen LogP contribution in [0.3, 0.4) is 0 Å². The van der Waals surface area contributed by atoms with E-state index in [1.165, 1.54) is 31.7 Å². The molecule has 2 N–H and O–H groups in total. The van der Waals surface area contributed by atoms with Crippen LogP contribution in [0.4, 0.5) is 23.9 Å². The first kappa shape index (κ1) is 28.4. The number of aromatic amines is 1. The molecule has 1 atom stereocenters. The smallest absolute Gasteiger partial charge is 0.419 e. The first-order valence-corrected chi connectivity index (χ1v) is 15.0. The number of nitrogens with zero attached hydrogens (tertiary/aromatic N) is 4. The van der Waals surface area contributed by atoms with Gasteiger partial charge in [-0.05, 0) is 53.0 Å². The number of hydrogen-bond donors (Lipinski definition) is 2. The average molecular weight is 563 g/mol. The quantitative estimate of drug-likeness (QED) is 0.398. The molecule has 0 bridgehead atoms. The second kappa shape index (κ2) is 10.2. The van der Waals surface area contributed by atoms with Crippen molar-refractivity contribution in [2.24, 2.45) is 0 Å². The number of fused-ring (bicyclic) bond motifs is 1. The van der Waals surface area contributed by atoms with E-state index in [-0.39, 0.29) is 40.7 Å². The molecule has 0 spiro atoms. The molecule has 1 aliphatic heterocycles. The van der Waals surface area contributed by atoms with Crippen LogP contribution in [0.1, 0.15) is 44.7 Å². The highest BCUT2D eigenvalue weighted by molar-refractivity contribution is 7.70. The number of likely N-dealkylation sites (tertiary alicyclic amines) is 1. The number of benzene rings is 1. The van der Waals surface area contributed by atoms with Crippen LogP contribution < -0.4 is 10.6 Å². The largest absolute Gasteiger partial charge is 0.444 e. The average Bonchev–Trinajstić information content (AvgIpc) is 3.25. The standard InChI is InChI=1S/C26H30F3N6O3P/c1-25(2,3)38-24(36)35-10-6-7-16(14-35)33-23-32-13-19(26(27,28)29)20(34-23)18-12-31-21-17(18)9-8-15(11-30)22(21)39(4,5)37/h8-9,12-13,16,31H,6-7,10,14H2,1-5H3,(H,32,33,34)/t16-/m1/s1. The Hall–Kier alpha value is -3.58. The number of piperidine rings is 1. The topological polar surface area (TPSA) is 124 Å². The van der Waals surface area contributed by atoms with E-state index in [2.05, 4.69) is 20.3 Å². The number of ether oxygens (including phenoxy) is 1. The number of hydrogen-bond acceptors (Lipinski definition) is 7. The number of alkyl halides is 3. The Morgan fingerprint density at radius 1 is 1.28 bits per heavy atom. The summed E-state index contributed by atoms with van der Waals surface area (Å²) in [7, 11) is -2.97. The van der Waals surface area contributed by atoms with Gasteiger partial charge in [0.15, 0.2) is 0 Å². The van der Waals surface area contributed by atoms with E-state index in [0.717, 1.165) is 6.20 Å². The highest BCUT2D eigenvalue weighted by Crippen LogP contribution is 2.43. The van der Waals surface area contributed by atoms with Gasteiger partial charge in [0.25, 0.3) is 0 Å². The minimum atomic E-state index is -4.74. The van der Waals surface area contributed by atoms with Gasteiger partial charge in [-0.15, -0.1) is 0 Å². The van der Waals surface area contributed by atoms with E-state index >= 15 is 0 Å². The van der Waals surface area contributed by atoms with Crippen LogP contribution in [0, 0.1) is 11.3 Å². The maximum absolute atomic E-state index is 14.0. The van der Waals surface area contributed by atoms with Crippen molar-refractivity contribution in [1.29, 1.82) is 5.26 Å². The number of nitriles is 1. The molecule has 0 radical (unpaired) electrons. The third kappa shape index (κ3) is 6.19. The molecule has 3 aromatic rings. The summed E-state index contributed by atoms with van der Waals surface area (Å²) in [4.78, 5) is 25.2. The Morgan fingerprint density at radius 3 is 2.62 bits per heavy atom. The third-order valence-electron chi connectivity index (χ3n) is 6.24. The molecule has 4 rings (SSSR count). The summed E-state index contributed by atoms with van der Waals surface area (Å²) >= 11 is 0. The molecular weight excluding hydrogens is 532 g/mol. The number of nitrogens with one attached hydrogen (secondary N) is 2. The van der Waals surface area contributed by atoms with Crippen LogP contribution in [-0.2, 0) is 15.5 Å². The number of carbonyl (C=O) groups is 1. The van der Waals surface area contributed by atoms with Gasteiger partial charge in [0.2, 0.25) is 5.95 Å². The Balaban J connectivity index is 1.72. The summed E-state index contributed by atoms with van der Waals surface area (Å²) in [5.74, 6) is -0.0195. The lowest BCUT2D eigenvalue weighted by molar-refractivity contribution is -0.137. The van der Waals surface area contributed by atoms with Crippen molar-refractivity contribution in [2.45, 2.75) is 51.4 Å². The minimum Gasteiger partial charge on any atom is -0.444 e. The van der Waals surface area contributed by atoms with Gasteiger partial charge in [-0.2, -0.15) is 18.4 Å². The molecular formula is C26H30F3N6O3P. The molecule has 208 valence electrons. The van der Waals surface area contributed by atoms with E-state index in [4.69, 9.17) is 4.74 Å². The van der Waals surface area contributed by atoms with Gasteiger partial charge in [0.1, 0.15) is 18.3 Å². The molecule has 1 fully saturated rings. The Bertz CT molecular complexity index is 1500. The molecule has 1 aromatic carbocycles. The van der Waals surface area contributed by atoms with Crippen molar-refractivity contribution in [1.82, 2.24) is 19.9 Å². The molecule has 0 aliphatic carbocycles. The van der Waals surface area contributed by atoms with Crippen LogP contribution in [0.15, 0.2) is 24.5 Å². The van der Waals surface area contributed by atoms with Gasteiger partial charge in [0.05, 0.1) is 28.1 Å². The van der Waals surface area contributed by atoms with Crippen LogP contribution in [-0.4, -0.2) is 64.0 Å². The highest BCUT2D eigenvalue weighted by atomic mass is 31.2. The lowest BCUT2D eigenvalue weighted by Gasteiger charge is -2.34. The lowest BCUT2D eigenvalue weighted by Crippen LogP contribution is -2.47. The van der Waals surface area contributed by atoms with Crippen LogP contribution in [0.2, 0.25) is 0 Å². The fourth-order valence-electron chi connectivity index (χ4n) is 4.66. The maximum Gasteiger partial charge on any atom is 0.419 e. The van der Waals surface area contributed by atoms with Gasteiger partial charge < -0.3 is 24.5 Å². The highest BCUT2D eigenvalue weighted by Gasteiger charge is 2.37. The Morgan fingerprint density at radius 2 is 2.00 bits per heavy atom. The van der Waals surface area contributed by atoms with E-state index < -0.39 is 30.6 Å². The molecule has 2 aromatic heterocycles. The van der Waals surface area contributed by atoms with Crippen molar-refractivity contribution < 1.29 is 27.3 Å². The Kier molecular flexibility index (Phi) is 7.43. The zero-order chi connectivity index (χ0) is 28.8. The molecule has 39 heavy (non-hydrogen) atoms. The number of carbonyl (C=O) groups excluding carboxylic acids is 1. The van der Waals surface area contributed by atoms with Crippen LogP contribution >= 0.6 is 7.14 Å². The van der Waals surface area contributed by atoms with Gasteiger partial charge in [-0.1, -0.05) is 6.07 Å². The summed E-state index contributed by atoms with van der Waals surface area (Å²) in [6.07, 6.45) is -1.77. The van der Waals surface area contributed by atoms with E-state index in [1.54, 1.807) is 25.7 Å². The molecule has 3 heterocycles. The van der Waals surface area contributed by atoms with Crippen molar-refractivity contribution in [3.05, 3.63) is 35.7 Å². The van der Waals surface area contributed by atoms with Crippen LogP contribution in [0.5, 0.6) is 0 Å². The third-order valence-corrected chi connectivity index (χ3v) is 7.78. The monoisotopic (exact) mass is 562 g/mol. The number of amides is 1. The normalized spacial score (nSPS) is 16.7. The molecule has 1 saturated heterocycles. The van der Waals surface area contributed by atoms with Gasteiger partial charge >= 0.3 is 12.3 Å². The summed E-state index contributed by atoms with van der Waals surface area (Å²) in [6, 6.07) is 4.69. The summed E-state index contributed by atoms with van der Waals surface area (Å²) < 4.78 is 60.5. The summed E-state index contributed by atoms with van der Waals surface area (Å²) in [5.41, 5.74) is -1.38. The number of halogens is 3. The minimum absolute atomic E-state index is 0.0195. The molecule has 1 aliphatic rings. The van der Waals surface area contributed by atoms with E-state index in [0.29, 0.717) is 30.3 Å². The fraction of sp³-hybridized carbons (Fsp3) is 0.462. The molecule has 13 heteroatoms. The van der Waals surface area contributed by atoms with Crippen molar-refractivity contribution in [3.63, 3.8) is 0 Å². The number of H-pyrrole nitrogens is 1. The summed E-state index contributed by atoms with van der Waals surface area (Å²) in [5, 5.41) is 13.2. The molecule has 0 unspecified atom stereocenters. The second-order valence-electron chi connectivity index (χ2n) is 10.9. The Labute approximate surface area is 224 Å². The predicted octanol–water partition coefficient (Wildman–Crippen LogP) is 5.57. The fourth-order valence-corrected chi connectivity index (χ4v) is 6.09. The number of anilines is 1. The van der Waals surface area contributed by atoms with E-state index in [9.17, 15) is 27.8 Å². The SMILES string of the molecule is CC(C)(C)OC(=O)N1CCC[C@@H](Nc2ncc(C(F)(F)F)c(-c3c[nH]c4c(P(C)(C)=O)c(C#N)ccc34)n2)C1. The molecule has 0 saturated carbocycles. The van der Waals surface area contributed by atoms with Gasteiger partial charge in [-0.25, -0.2) is 14.8 Å². The maximum atomic E-state index is 14.0. The van der Waals surface area contributed by atoms with Crippen molar-refractivity contribution in [2.75, 3.05) is 31.7 Å². The van der Waals surface area contributed by atoms with Gasteiger partial charge in [-0.3, -0.25) is 0 Å². The van der Waals surface area contributed by atoms with Crippen molar-refractivity contribution >= 4 is 35.4 Å². The van der Waals surface area contributed by atoms with Crippen LogP contribution in [0.25, 0.3) is 22.2 Å². The summed E-state index contributed by atoms with van der Waals surface area (Å²) in [6.45, 7) is 9.12. The predicted molar refractivity (Wildman–Crippen MR) is 143 cm³/mol.